The van der Waals surface area contributed by atoms with Gasteiger partial charge in [-0.1, -0.05) is 97.6 Å². The molecule has 2 aromatic rings. The van der Waals surface area contributed by atoms with Gasteiger partial charge in [-0.2, -0.15) is 0 Å². The number of halogens is 3. The normalized spacial score (nSPS) is 22.9. The zero-order chi connectivity index (χ0) is 29.6. The Bertz CT molecular complexity index is 1290. The summed E-state index contributed by atoms with van der Waals surface area (Å²) in [4.78, 5) is 31.3. The Morgan fingerprint density at radius 1 is 1.00 bits per heavy atom. The number of nitrogens with zero attached hydrogens (tertiary/aromatic N) is 2. The standard InChI is InChI=1S/C33H42Cl2N4O2.ClH/c1-5-12-26(25-15-16-28(34)29(35)21-25)27-23-32(37-31(41)38(3)4,22-24-13-8-6-9-14-24)17-18-33(27,30(40)36-2)39-19-10-7-11-20-39;/h6,8-9,13-18,21,23,26H,5,7,10-12,19-20,22H2,1-4H3,(H,36,40)(H,37,41);1H. The number of carbonyl (C=O) groups excluding carboxylic acids is 2. The zero-order valence-electron chi connectivity index (χ0n) is 25.0. The van der Waals surface area contributed by atoms with Crippen molar-refractivity contribution in [2.75, 3.05) is 34.2 Å². The van der Waals surface area contributed by atoms with Crippen LogP contribution in [-0.4, -0.2) is 67.0 Å². The Labute approximate surface area is 266 Å². The molecule has 0 saturated carbocycles. The molecule has 6 nitrogen and oxygen atoms in total. The van der Waals surface area contributed by atoms with Crippen LogP contribution in [0.4, 0.5) is 4.79 Å². The molecule has 2 aromatic carbocycles. The van der Waals surface area contributed by atoms with Crippen molar-refractivity contribution >= 4 is 47.5 Å². The average Bonchev–Trinajstić information content (AvgIpc) is 2.98. The van der Waals surface area contributed by atoms with Crippen LogP contribution in [0.15, 0.2) is 72.3 Å². The Morgan fingerprint density at radius 2 is 1.69 bits per heavy atom. The summed E-state index contributed by atoms with van der Waals surface area (Å²) < 4.78 is 0. The lowest BCUT2D eigenvalue weighted by Gasteiger charge is -2.50. The van der Waals surface area contributed by atoms with Crippen LogP contribution in [0.2, 0.25) is 10.0 Å². The van der Waals surface area contributed by atoms with E-state index in [0.29, 0.717) is 16.5 Å². The Hall–Kier alpha value is -2.51. The van der Waals surface area contributed by atoms with Crippen LogP contribution < -0.4 is 10.6 Å². The third-order valence-electron chi connectivity index (χ3n) is 8.29. The summed E-state index contributed by atoms with van der Waals surface area (Å²) >= 11 is 12.9. The molecule has 1 fully saturated rings. The first-order chi connectivity index (χ1) is 19.7. The number of piperidine rings is 1. The van der Waals surface area contributed by atoms with Gasteiger partial charge in [-0.25, -0.2) is 4.79 Å². The molecular weight excluding hydrogens is 591 g/mol. The van der Waals surface area contributed by atoms with Gasteiger partial charge in [0.2, 0.25) is 5.91 Å². The number of likely N-dealkylation sites (tertiary alicyclic amines) is 1. The van der Waals surface area contributed by atoms with Crippen molar-refractivity contribution in [3.8, 4) is 0 Å². The van der Waals surface area contributed by atoms with Crippen molar-refractivity contribution in [2.24, 2.45) is 0 Å². The van der Waals surface area contributed by atoms with Crippen LogP contribution >= 0.6 is 35.6 Å². The molecule has 42 heavy (non-hydrogen) atoms. The minimum atomic E-state index is -1.01. The summed E-state index contributed by atoms with van der Waals surface area (Å²) in [6.45, 7) is 3.77. The van der Waals surface area contributed by atoms with Gasteiger partial charge in [-0.15, -0.1) is 12.4 Å². The van der Waals surface area contributed by atoms with Crippen LogP contribution in [0, 0.1) is 0 Å². The van der Waals surface area contributed by atoms with Gasteiger partial charge < -0.3 is 15.5 Å². The quantitative estimate of drug-likeness (QED) is 0.292. The van der Waals surface area contributed by atoms with Gasteiger partial charge in [0.1, 0.15) is 5.54 Å². The second-order valence-electron chi connectivity index (χ2n) is 11.4. The van der Waals surface area contributed by atoms with E-state index in [4.69, 9.17) is 23.2 Å². The monoisotopic (exact) mass is 632 g/mol. The molecule has 1 heterocycles. The fourth-order valence-electron chi connectivity index (χ4n) is 6.24. The number of carbonyl (C=O) groups is 2. The Kier molecular flexibility index (Phi) is 12.0. The van der Waals surface area contributed by atoms with Crippen LogP contribution in [0.3, 0.4) is 0 Å². The number of nitrogens with one attached hydrogen (secondary N) is 2. The molecule has 1 aliphatic carbocycles. The first-order valence-electron chi connectivity index (χ1n) is 14.5. The first kappa shape index (κ1) is 34.0. The molecule has 0 bridgehead atoms. The second kappa shape index (κ2) is 14.8. The van der Waals surface area contributed by atoms with E-state index in [1.54, 1.807) is 26.0 Å². The number of amides is 3. The van der Waals surface area contributed by atoms with E-state index in [-0.39, 0.29) is 30.3 Å². The maximum atomic E-state index is 14.2. The van der Waals surface area contributed by atoms with E-state index in [0.717, 1.165) is 61.9 Å². The lowest BCUT2D eigenvalue weighted by molar-refractivity contribution is -0.129. The third-order valence-corrected chi connectivity index (χ3v) is 9.03. The van der Waals surface area contributed by atoms with Gasteiger partial charge in [0.15, 0.2) is 0 Å². The van der Waals surface area contributed by atoms with Gasteiger partial charge in [0.05, 0.1) is 15.6 Å². The Balaban J connectivity index is 0.00000484. The zero-order valence-corrected chi connectivity index (χ0v) is 27.3. The number of benzene rings is 2. The molecule has 4 rings (SSSR count). The van der Waals surface area contributed by atoms with Crippen molar-refractivity contribution < 1.29 is 9.59 Å². The lowest BCUT2D eigenvalue weighted by Crippen LogP contribution is -2.63. The minimum absolute atomic E-state index is 0. The molecule has 0 aromatic heterocycles. The molecule has 0 radical (unpaired) electrons. The highest BCUT2D eigenvalue weighted by atomic mass is 35.5. The number of rotatable bonds is 9. The van der Waals surface area contributed by atoms with Crippen molar-refractivity contribution in [3.63, 3.8) is 0 Å². The van der Waals surface area contributed by atoms with Crippen molar-refractivity contribution in [3.05, 3.63) is 93.5 Å². The highest BCUT2D eigenvalue weighted by Gasteiger charge is 2.51. The summed E-state index contributed by atoms with van der Waals surface area (Å²) in [6, 6.07) is 15.7. The largest absolute Gasteiger partial charge is 0.357 e. The molecule has 2 aliphatic rings. The number of hydrogen-bond donors (Lipinski definition) is 2. The topological polar surface area (TPSA) is 64.7 Å². The number of likely N-dealkylation sites (N-methyl/N-ethyl adjacent to an activating group) is 1. The summed E-state index contributed by atoms with van der Waals surface area (Å²) in [5.74, 6) is -0.208. The second-order valence-corrected chi connectivity index (χ2v) is 12.2. The molecule has 3 amide bonds. The smallest absolute Gasteiger partial charge is 0.317 e. The molecule has 1 saturated heterocycles. The van der Waals surface area contributed by atoms with E-state index in [1.165, 1.54) is 0 Å². The van der Waals surface area contributed by atoms with Crippen molar-refractivity contribution in [1.29, 1.82) is 0 Å². The van der Waals surface area contributed by atoms with Gasteiger partial charge >= 0.3 is 6.03 Å². The molecule has 3 atom stereocenters. The predicted molar refractivity (Wildman–Crippen MR) is 176 cm³/mol. The van der Waals surface area contributed by atoms with Gasteiger partial charge in [-0.3, -0.25) is 9.69 Å². The summed E-state index contributed by atoms with van der Waals surface area (Å²) in [7, 11) is 5.18. The SMILES string of the molecule is CCCC(C1=CC(Cc2ccccc2)(NC(=O)N(C)C)C=CC1(C(=O)NC)N1CCCCC1)c1ccc(Cl)c(Cl)c1.Cl. The maximum absolute atomic E-state index is 14.2. The van der Waals surface area contributed by atoms with Gasteiger partial charge in [0, 0.05) is 33.5 Å². The van der Waals surface area contributed by atoms with Gasteiger partial charge in [0.25, 0.3) is 0 Å². The van der Waals surface area contributed by atoms with Crippen molar-refractivity contribution in [2.45, 2.75) is 62.4 Å². The maximum Gasteiger partial charge on any atom is 0.317 e. The summed E-state index contributed by atoms with van der Waals surface area (Å²) in [5.41, 5.74) is 1.17. The van der Waals surface area contributed by atoms with Crippen LogP contribution in [0.1, 0.15) is 56.1 Å². The summed E-state index contributed by atoms with van der Waals surface area (Å²) in [5, 5.41) is 7.27. The molecule has 228 valence electrons. The highest BCUT2D eigenvalue weighted by Crippen LogP contribution is 2.46. The molecule has 9 heteroatoms. The van der Waals surface area contributed by atoms with E-state index in [2.05, 4.69) is 40.7 Å². The number of hydrogen-bond acceptors (Lipinski definition) is 3. The van der Waals surface area contributed by atoms with Crippen LogP contribution in [0.25, 0.3) is 0 Å². The number of urea groups is 1. The van der Waals surface area contributed by atoms with Crippen molar-refractivity contribution in [1.82, 2.24) is 20.4 Å². The fraction of sp³-hybridized carbons (Fsp3) is 0.455. The van der Waals surface area contributed by atoms with Crippen LogP contribution in [-0.2, 0) is 11.2 Å². The van der Waals surface area contributed by atoms with Crippen LogP contribution in [0.5, 0.6) is 0 Å². The third kappa shape index (κ3) is 7.16. The minimum Gasteiger partial charge on any atom is -0.357 e. The summed E-state index contributed by atoms with van der Waals surface area (Å²) in [6.07, 6.45) is 11.7. The van der Waals surface area contributed by atoms with E-state index in [9.17, 15) is 9.59 Å². The fourth-order valence-corrected chi connectivity index (χ4v) is 6.55. The Morgan fingerprint density at radius 3 is 2.29 bits per heavy atom. The molecule has 1 aliphatic heterocycles. The lowest BCUT2D eigenvalue weighted by atomic mass is 9.67. The van der Waals surface area contributed by atoms with E-state index < -0.39 is 11.1 Å². The molecule has 3 unspecified atom stereocenters. The average molecular weight is 634 g/mol. The highest BCUT2D eigenvalue weighted by molar-refractivity contribution is 6.42. The van der Waals surface area contributed by atoms with Gasteiger partial charge in [-0.05, 0) is 61.2 Å². The van der Waals surface area contributed by atoms with E-state index >= 15 is 0 Å². The predicted octanol–water partition coefficient (Wildman–Crippen LogP) is 7.02. The van der Waals surface area contributed by atoms with E-state index in [1.807, 2.05) is 48.6 Å². The molecular formula is C33H43Cl3N4O2. The first-order valence-corrected chi connectivity index (χ1v) is 15.3. The molecule has 0 spiro atoms. The molecule has 2 N–H and O–H groups in total.